The van der Waals surface area contributed by atoms with E-state index in [0.29, 0.717) is 21.7 Å². The van der Waals surface area contributed by atoms with Gasteiger partial charge in [-0.3, -0.25) is 4.98 Å². The van der Waals surface area contributed by atoms with Crippen molar-refractivity contribution in [3.63, 3.8) is 0 Å². The number of ether oxygens (including phenoxy) is 1. The number of anilines is 1. The number of para-hydroxylation sites is 1. The summed E-state index contributed by atoms with van der Waals surface area (Å²) in [4.78, 5) is 9.34. The summed E-state index contributed by atoms with van der Waals surface area (Å²) in [6.07, 6.45) is 4.60. The number of fused-ring (bicyclic) bond motifs is 2. The molecule has 2 aromatic carbocycles. The molecule has 8 nitrogen and oxygen atoms in total. The molecule has 0 saturated carbocycles. The third kappa shape index (κ3) is 3.57. The van der Waals surface area contributed by atoms with Crippen molar-refractivity contribution in [3.8, 4) is 22.8 Å². The van der Waals surface area contributed by atoms with Crippen molar-refractivity contribution in [2.24, 2.45) is 0 Å². The molecule has 0 aliphatic carbocycles. The summed E-state index contributed by atoms with van der Waals surface area (Å²) < 4.78 is 31.2. The van der Waals surface area contributed by atoms with Crippen LogP contribution in [0.5, 0.6) is 11.6 Å². The second-order valence-electron chi connectivity index (χ2n) is 7.17. The topological polar surface area (TPSA) is 112 Å². The third-order valence-corrected chi connectivity index (χ3v) is 6.83. The Balaban J connectivity index is 1.59. The molecule has 0 fully saturated rings. The van der Waals surface area contributed by atoms with Gasteiger partial charge in [-0.15, -0.1) is 0 Å². The molecule has 3 heterocycles. The second kappa shape index (κ2) is 7.57. The van der Waals surface area contributed by atoms with Gasteiger partial charge in [0, 0.05) is 29.0 Å². The lowest BCUT2D eigenvalue weighted by Gasteiger charge is -2.11. The summed E-state index contributed by atoms with van der Waals surface area (Å²) in [6.45, 7) is 0. The Morgan fingerprint density at radius 2 is 1.81 bits per heavy atom. The molecule has 0 saturated heterocycles. The second-order valence-corrected chi connectivity index (χ2v) is 9.98. The number of nitrogen functional groups attached to an aromatic ring is 1. The first-order valence-corrected chi connectivity index (χ1v) is 12.2. The Morgan fingerprint density at radius 1 is 1.06 bits per heavy atom. The number of hydrogen-bond acceptors (Lipinski definition) is 7. The maximum atomic E-state index is 11.7. The van der Waals surface area contributed by atoms with E-state index in [0.717, 1.165) is 28.3 Å². The van der Waals surface area contributed by atoms with Crippen LogP contribution >= 0.6 is 15.9 Å². The number of rotatable bonds is 4. The molecule has 0 unspecified atom stereocenters. The number of hydrogen-bond donors (Lipinski definition) is 1. The Bertz CT molecular complexity index is 1600. The van der Waals surface area contributed by atoms with E-state index < -0.39 is 9.84 Å². The molecule has 10 heteroatoms. The van der Waals surface area contributed by atoms with Gasteiger partial charge in [-0.2, -0.15) is 14.6 Å². The van der Waals surface area contributed by atoms with Gasteiger partial charge in [0.1, 0.15) is 16.0 Å². The van der Waals surface area contributed by atoms with Crippen molar-refractivity contribution in [2.75, 3.05) is 12.0 Å². The average molecular weight is 510 g/mol. The monoisotopic (exact) mass is 509 g/mol. The van der Waals surface area contributed by atoms with E-state index in [1.54, 1.807) is 24.5 Å². The SMILES string of the molecule is CS(=O)(=O)c1ccc(Oc2nc3c(-c4cnc5ccccc5c4)cnn3c(N)c2Br)cc1. The van der Waals surface area contributed by atoms with Gasteiger partial charge in [0.2, 0.25) is 5.88 Å². The number of aromatic nitrogens is 4. The van der Waals surface area contributed by atoms with Gasteiger partial charge < -0.3 is 10.5 Å². The number of nitrogens with two attached hydrogens (primary N) is 1. The number of nitrogens with zero attached hydrogens (tertiary/aromatic N) is 4. The molecule has 0 aliphatic heterocycles. The lowest BCUT2D eigenvalue weighted by molar-refractivity contribution is 0.459. The molecule has 5 rings (SSSR count). The van der Waals surface area contributed by atoms with Crippen molar-refractivity contribution >= 4 is 48.1 Å². The average Bonchev–Trinajstić information content (AvgIpc) is 3.20. The van der Waals surface area contributed by atoms with Crippen LogP contribution in [-0.2, 0) is 9.84 Å². The highest BCUT2D eigenvalue weighted by atomic mass is 79.9. The summed E-state index contributed by atoms with van der Waals surface area (Å²) in [6, 6.07) is 15.9. The van der Waals surface area contributed by atoms with Crippen molar-refractivity contribution in [1.29, 1.82) is 0 Å². The lowest BCUT2D eigenvalue weighted by atomic mass is 10.1. The third-order valence-electron chi connectivity index (χ3n) is 4.96. The largest absolute Gasteiger partial charge is 0.438 e. The van der Waals surface area contributed by atoms with Crippen LogP contribution in [0, 0.1) is 0 Å². The summed E-state index contributed by atoms with van der Waals surface area (Å²) in [7, 11) is -3.30. The molecular formula is C22H16BrN5O3S. The van der Waals surface area contributed by atoms with Gasteiger partial charge in [0.05, 0.1) is 16.6 Å². The predicted octanol–water partition coefficient (Wildman–Crippen LogP) is 4.49. The van der Waals surface area contributed by atoms with Gasteiger partial charge >= 0.3 is 0 Å². The fraction of sp³-hybridized carbons (Fsp3) is 0.0455. The standard InChI is InChI=1S/C22H16BrN5O3S/c1-32(29,30)16-8-6-15(7-9-16)31-22-19(23)20(24)28-21(27-22)17(12-26-28)14-10-13-4-2-3-5-18(13)25-11-14/h2-12H,24H2,1H3. The van der Waals surface area contributed by atoms with Crippen LogP contribution < -0.4 is 10.5 Å². The Kier molecular flexibility index (Phi) is 4.83. The van der Waals surface area contributed by atoms with E-state index in [4.69, 9.17) is 10.5 Å². The Labute approximate surface area is 191 Å². The van der Waals surface area contributed by atoms with Crippen LogP contribution in [0.2, 0.25) is 0 Å². The molecule has 0 bridgehead atoms. The molecule has 160 valence electrons. The van der Waals surface area contributed by atoms with Gasteiger partial charge in [-0.25, -0.2) is 8.42 Å². The maximum Gasteiger partial charge on any atom is 0.239 e. The first-order valence-electron chi connectivity index (χ1n) is 9.47. The van der Waals surface area contributed by atoms with Crippen LogP contribution in [0.15, 0.2) is 76.4 Å². The summed E-state index contributed by atoms with van der Waals surface area (Å²) in [5, 5.41) is 5.37. The van der Waals surface area contributed by atoms with Crippen LogP contribution in [-0.4, -0.2) is 34.3 Å². The first-order chi connectivity index (χ1) is 15.3. The fourth-order valence-corrected chi connectivity index (χ4v) is 4.30. The molecule has 0 aliphatic rings. The molecule has 0 radical (unpaired) electrons. The summed E-state index contributed by atoms with van der Waals surface area (Å²) in [5.74, 6) is 0.971. The van der Waals surface area contributed by atoms with Crippen molar-refractivity contribution in [2.45, 2.75) is 4.90 Å². The zero-order valence-electron chi connectivity index (χ0n) is 16.7. The van der Waals surface area contributed by atoms with E-state index in [-0.39, 0.29) is 10.8 Å². The Hall–Kier alpha value is -3.50. The highest BCUT2D eigenvalue weighted by Crippen LogP contribution is 2.36. The predicted molar refractivity (Wildman–Crippen MR) is 125 cm³/mol. The smallest absolute Gasteiger partial charge is 0.239 e. The summed E-state index contributed by atoms with van der Waals surface area (Å²) >= 11 is 3.42. The highest BCUT2D eigenvalue weighted by molar-refractivity contribution is 9.10. The minimum absolute atomic E-state index is 0.203. The number of benzene rings is 2. The van der Waals surface area contributed by atoms with E-state index in [9.17, 15) is 8.42 Å². The van der Waals surface area contributed by atoms with Crippen molar-refractivity contribution in [3.05, 3.63) is 71.5 Å². The van der Waals surface area contributed by atoms with Crippen molar-refractivity contribution in [1.82, 2.24) is 19.6 Å². The van der Waals surface area contributed by atoms with Crippen LogP contribution in [0.3, 0.4) is 0 Å². The van der Waals surface area contributed by atoms with E-state index >= 15 is 0 Å². The molecule has 0 amide bonds. The van der Waals surface area contributed by atoms with E-state index in [2.05, 4.69) is 31.0 Å². The van der Waals surface area contributed by atoms with Gasteiger partial charge in [-0.05, 0) is 52.3 Å². The molecule has 5 aromatic rings. The van der Waals surface area contributed by atoms with Crippen LogP contribution in [0.4, 0.5) is 5.82 Å². The van der Waals surface area contributed by atoms with Gasteiger partial charge in [0.25, 0.3) is 0 Å². The number of pyridine rings is 1. The van der Waals surface area contributed by atoms with Crippen LogP contribution in [0.1, 0.15) is 0 Å². The quantitative estimate of drug-likeness (QED) is 0.379. The number of sulfone groups is 1. The minimum Gasteiger partial charge on any atom is -0.438 e. The van der Waals surface area contributed by atoms with Gasteiger partial charge in [0.15, 0.2) is 15.5 Å². The zero-order valence-corrected chi connectivity index (χ0v) is 19.1. The first kappa shape index (κ1) is 20.4. The van der Waals surface area contributed by atoms with Gasteiger partial charge in [-0.1, -0.05) is 18.2 Å². The molecule has 3 aromatic heterocycles. The molecule has 2 N–H and O–H groups in total. The lowest BCUT2D eigenvalue weighted by Crippen LogP contribution is -2.04. The van der Waals surface area contributed by atoms with E-state index in [1.165, 1.54) is 16.6 Å². The maximum absolute atomic E-state index is 11.7. The van der Waals surface area contributed by atoms with Crippen LogP contribution in [0.25, 0.3) is 27.7 Å². The fourth-order valence-electron chi connectivity index (χ4n) is 3.33. The van der Waals surface area contributed by atoms with E-state index in [1.807, 2.05) is 30.3 Å². The molecule has 0 spiro atoms. The minimum atomic E-state index is -3.30. The Morgan fingerprint density at radius 3 is 2.56 bits per heavy atom. The molecular weight excluding hydrogens is 494 g/mol. The summed E-state index contributed by atoms with van der Waals surface area (Å²) in [5.41, 5.74) is 9.27. The molecule has 0 atom stereocenters. The molecule has 32 heavy (non-hydrogen) atoms. The number of halogens is 1. The van der Waals surface area contributed by atoms with Crippen molar-refractivity contribution < 1.29 is 13.2 Å². The zero-order chi connectivity index (χ0) is 22.5. The highest BCUT2D eigenvalue weighted by Gasteiger charge is 2.18. The normalized spacial score (nSPS) is 11.8.